The third-order valence-corrected chi connectivity index (χ3v) is 4.49. The Kier molecular flexibility index (Phi) is 3.85. The first-order valence-corrected chi connectivity index (χ1v) is 7.84. The number of likely N-dealkylation sites (tertiary alicyclic amines) is 1. The van der Waals surface area contributed by atoms with Crippen LogP contribution in [0.3, 0.4) is 0 Å². The van der Waals surface area contributed by atoms with E-state index in [9.17, 15) is 4.79 Å². The minimum absolute atomic E-state index is 0.0509. The number of amides is 1. The van der Waals surface area contributed by atoms with Gasteiger partial charge in [-0.3, -0.25) is 14.7 Å². The molecular formula is C17H19N3O3. The molecule has 2 aliphatic heterocycles. The normalized spacial score (nSPS) is 24.9. The van der Waals surface area contributed by atoms with Gasteiger partial charge in [-0.25, -0.2) is 0 Å². The average Bonchev–Trinajstić information content (AvgIpc) is 3.21. The maximum Gasteiger partial charge on any atom is 0.249 e. The molecule has 0 aliphatic carbocycles. The van der Waals surface area contributed by atoms with Crippen molar-refractivity contribution in [2.45, 2.75) is 25.2 Å². The van der Waals surface area contributed by atoms with Crippen molar-refractivity contribution in [2.75, 3.05) is 19.7 Å². The van der Waals surface area contributed by atoms with Crippen LogP contribution in [0.15, 0.2) is 47.3 Å². The number of pyridine rings is 1. The number of hydrogen-bond donors (Lipinski definition) is 0. The Morgan fingerprint density at radius 2 is 2.17 bits per heavy atom. The number of ether oxygens (including phenoxy) is 1. The van der Waals surface area contributed by atoms with Gasteiger partial charge in [0.05, 0.1) is 25.0 Å². The SMILES string of the molecule is O=C1CO[C@H]2CN(Cc3ccco3)C[C@H]2N1Cc1cccnc1. The second-order valence-electron chi connectivity index (χ2n) is 6.07. The summed E-state index contributed by atoms with van der Waals surface area (Å²) in [5.74, 6) is 0.990. The summed E-state index contributed by atoms with van der Waals surface area (Å²) in [6, 6.07) is 7.86. The lowest BCUT2D eigenvalue weighted by Crippen LogP contribution is -2.53. The topological polar surface area (TPSA) is 58.8 Å². The third kappa shape index (κ3) is 3.00. The number of hydrogen-bond acceptors (Lipinski definition) is 5. The van der Waals surface area contributed by atoms with E-state index < -0.39 is 0 Å². The molecule has 0 spiro atoms. The minimum Gasteiger partial charge on any atom is -0.468 e. The van der Waals surface area contributed by atoms with Gasteiger partial charge in [0.15, 0.2) is 0 Å². The maximum absolute atomic E-state index is 12.3. The summed E-state index contributed by atoms with van der Waals surface area (Å²) in [4.78, 5) is 20.7. The molecule has 0 radical (unpaired) electrons. The summed E-state index contributed by atoms with van der Waals surface area (Å²) >= 11 is 0. The van der Waals surface area contributed by atoms with Crippen LogP contribution in [-0.4, -0.2) is 52.5 Å². The van der Waals surface area contributed by atoms with Crippen LogP contribution < -0.4 is 0 Å². The summed E-state index contributed by atoms with van der Waals surface area (Å²) in [5.41, 5.74) is 1.05. The van der Waals surface area contributed by atoms with Gasteiger partial charge in [0.1, 0.15) is 12.4 Å². The predicted molar refractivity (Wildman–Crippen MR) is 82.3 cm³/mol. The lowest BCUT2D eigenvalue weighted by atomic mass is 10.1. The highest BCUT2D eigenvalue weighted by molar-refractivity contribution is 5.78. The summed E-state index contributed by atoms with van der Waals surface area (Å²) in [5, 5.41) is 0. The van der Waals surface area contributed by atoms with Gasteiger partial charge in [-0.2, -0.15) is 0 Å². The fourth-order valence-corrected chi connectivity index (χ4v) is 3.39. The van der Waals surface area contributed by atoms with Crippen LogP contribution in [0, 0.1) is 0 Å². The summed E-state index contributed by atoms with van der Waals surface area (Å²) < 4.78 is 11.2. The molecule has 0 N–H and O–H groups in total. The molecule has 0 unspecified atom stereocenters. The van der Waals surface area contributed by atoms with Crippen LogP contribution in [0.4, 0.5) is 0 Å². The van der Waals surface area contributed by atoms with Crippen LogP contribution >= 0.6 is 0 Å². The Balaban J connectivity index is 1.47. The van der Waals surface area contributed by atoms with E-state index in [4.69, 9.17) is 9.15 Å². The maximum atomic E-state index is 12.3. The van der Waals surface area contributed by atoms with Gasteiger partial charge in [-0.05, 0) is 23.8 Å². The molecule has 120 valence electrons. The van der Waals surface area contributed by atoms with Crippen molar-refractivity contribution in [1.82, 2.24) is 14.8 Å². The standard InChI is InChI=1S/C17H19N3O3/c21-17-12-23-16-11-19(9-14-4-2-6-22-14)10-15(16)20(17)8-13-3-1-5-18-7-13/h1-7,15-16H,8-12H2/t15-,16+/m1/s1. The van der Waals surface area contributed by atoms with Gasteiger partial charge in [-0.15, -0.1) is 0 Å². The molecule has 23 heavy (non-hydrogen) atoms. The molecule has 0 saturated carbocycles. The molecule has 0 aromatic carbocycles. The zero-order valence-corrected chi connectivity index (χ0v) is 12.8. The fourth-order valence-electron chi connectivity index (χ4n) is 3.39. The molecule has 2 aromatic rings. The zero-order valence-electron chi connectivity index (χ0n) is 12.8. The molecule has 2 saturated heterocycles. The lowest BCUT2D eigenvalue weighted by molar-refractivity contribution is -0.153. The molecule has 2 aliphatic rings. The molecule has 4 rings (SSSR count). The van der Waals surface area contributed by atoms with Gasteiger partial charge in [0, 0.05) is 32.0 Å². The second-order valence-corrected chi connectivity index (χ2v) is 6.07. The molecule has 4 heterocycles. The number of carbonyl (C=O) groups excluding carboxylic acids is 1. The number of carbonyl (C=O) groups is 1. The van der Waals surface area contributed by atoms with Crippen molar-refractivity contribution in [2.24, 2.45) is 0 Å². The van der Waals surface area contributed by atoms with Gasteiger partial charge in [0.2, 0.25) is 5.91 Å². The van der Waals surface area contributed by atoms with Crippen LogP contribution in [0.5, 0.6) is 0 Å². The van der Waals surface area contributed by atoms with Crippen molar-refractivity contribution in [3.8, 4) is 0 Å². The predicted octanol–water partition coefficient (Wildman–Crippen LogP) is 1.29. The summed E-state index contributed by atoms with van der Waals surface area (Å²) in [6.45, 7) is 3.12. The van der Waals surface area contributed by atoms with E-state index in [2.05, 4.69) is 9.88 Å². The highest BCUT2D eigenvalue weighted by atomic mass is 16.5. The quantitative estimate of drug-likeness (QED) is 0.851. The largest absolute Gasteiger partial charge is 0.468 e. The van der Waals surface area contributed by atoms with E-state index >= 15 is 0 Å². The Labute approximate surface area is 134 Å². The number of fused-ring (bicyclic) bond motifs is 1. The van der Waals surface area contributed by atoms with Crippen molar-refractivity contribution >= 4 is 5.91 Å². The van der Waals surface area contributed by atoms with Crippen molar-refractivity contribution in [1.29, 1.82) is 0 Å². The third-order valence-electron chi connectivity index (χ3n) is 4.49. The smallest absolute Gasteiger partial charge is 0.249 e. The first-order chi connectivity index (χ1) is 11.3. The minimum atomic E-state index is 0.0509. The fraction of sp³-hybridized carbons (Fsp3) is 0.412. The molecule has 6 heteroatoms. The van der Waals surface area contributed by atoms with Crippen LogP contribution in [0.2, 0.25) is 0 Å². The van der Waals surface area contributed by atoms with Gasteiger partial charge < -0.3 is 14.1 Å². The number of nitrogens with zero attached hydrogens (tertiary/aromatic N) is 3. The molecule has 2 aromatic heterocycles. The van der Waals surface area contributed by atoms with E-state index in [1.54, 1.807) is 12.5 Å². The number of furan rings is 1. The highest BCUT2D eigenvalue weighted by Crippen LogP contribution is 2.26. The molecule has 2 atom stereocenters. The highest BCUT2D eigenvalue weighted by Gasteiger charge is 2.43. The first-order valence-electron chi connectivity index (χ1n) is 7.84. The second kappa shape index (κ2) is 6.14. The average molecular weight is 313 g/mol. The molecule has 0 bridgehead atoms. The van der Waals surface area contributed by atoms with E-state index in [1.807, 2.05) is 35.4 Å². The Morgan fingerprint density at radius 1 is 1.22 bits per heavy atom. The van der Waals surface area contributed by atoms with Crippen molar-refractivity contribution in [3.05, 3.63) is 54.2 Å². The van der Waals surface area contributed by atoms with Gasteiger partial charge in [-0.1, -0.05) is 6.07 Å². The van der Waals surface area contributed by atoms with Crippen LogP contribution in [-0.2, 0) is 22.6 Å². The molecule has 6 nitrogen and oxygen atoms in total. The van der Waals surface area contributed by atoms with E-state index in [-0.39, 0.29) is 24.7 Å². The number of rotatable bonds is 4. The monoisotopic (exact) mass is 313 g/mol. The zero-order chi connectivity index (χ0) is 15.6. The van der Waals surface area contributed by atoms with E-state index in [1.165, 1.54) is 0 Å². The van der Waals surface area contributed by atoms with Crippen LogP contribution in [0.1, 0.15) is 11.3 Å². The molecule has 2 fully saturated rings. The first kappa shape index (κ1) is 14.4. The summed E-state index contributed by atoms with van der Waals surface area (Å²) in [6.07, 6.45) is 5.31. The van der Waals surface area contributed by atoms with E-state index in [0.717, 1.165) is 31.0 Å². The Hall–Kier alpha value is -2.18. The van der Waals surface area contributed by atoms with Gasteiger partial charge in [0.25, 0.3) is 0 Å². The number of morpholine rings is 1. The molecule has 1 amide bonds. The number of aromatic nitrogens is 1. The lowest BCUT2D eigenvalue weighted by Gasteiger charge is -2.36. The van der Waals surface area contributed by atoms with E-state index in [0.29, 0.717) is 6.54 Å². The van der Waals surface area contributed by atoms with Crippen molar-refractivity contribution < 1.29 is 13.9 Å². The summed E-state index contributed by atoms with van der Waals surface area (Å²) in [7, 11) is 0. The van der Waals surface area contributed by atoms with Crippen molar-refractivity contribution in [3.63, 3.8) is 0 Å². The van der Waals surface area contributed by atoms with Crippen LogP contribution in [0.25, 0.3) is 0 Å². The molecular weight excluding hydrogens is 294 g/mol. The van der Waals surface area contributed by atoms with Gasteiger partial charge >= 0.3 is 0 Å². The Morgan fingerprint density at radius 3 is 2.96 bits per heavy atom. The Bertz CT molecular complexity index is 659.